The predicted molar refractivity (Wildman–Crippen MR) is 125 cm³/mol. The molecule has 0 saturated heterocycles. The second-order valence-electron chi connectivity index (χ2n) is 6.63. The average molecular weight is 555 g/mol. The molecule has 5 nitrogen and oxygen atoms in total. The Hall–Kier alpha value is -2.51. The molecule has 0 aliphatic heterocycles. The first kappa shape index (κ1) is 23.2. The Morgan fingerprint density at radius 1 is 1.19 bits per heavy atom. The van der Waals surface area contributed by atoms with E-state index in [9.17, 15) is 8.78 Å². The van der Waals surface area contributed by atoms with E-state index in [4.69, 9.17) is 21.6 Å². The van der Waals surface area contributed by atoms with Crippen LogP contribution in [0.3, 0.4) is 0 Å². The second-order valence-corrected chi connectivity index (χ2v) is 7.80. The van der Waals surface area contributed by atoms with Crippen LogP contribution in [0.4, 0.5) is 14.6 Å². The SMILES string of the molecule is COc1nc(NCCc2ccc(CI)cc2Cl)cc(-c2cccc(C(F)(F)C#N)c2)n1. The van der Waals surface area contributed by atoms with Gasteiger partial charge in [-0.25, -0.2) is 0 Å². The van der Waals surface area contributed by atoms with E-state index in [1.165, 1.54) is 25.3 Å². The van der Waals surface area contributed by atoms with Gasteiger partial charge in [-0.2, -0.15) is 24.0 Å². The number of alkyl halides is 3. The first-order valence-corrected chi connectivity index (χ1v) is 11.2. The third kappa shape index (κ3) is 5.80. The van der Waals surface area contributed by atoms with Crippen LogP contribution in [0.5, 0.6) is 6.01 Å². The maximum atomic E-state index is 13.8. The summed E-state index contributed by atoms with van der Waals surface area (Å²) in [5.41, 5.74) is 2.60. The number of ether oxygens (including phenoxy) is 1. The van der Waals surface area contributed by atoms with Gasteiger partial charge in [-0.3, -0.25) is 0 Å². The molecule has 160 valence electrons. The Morgan fingerprint density at radius 2 is 2.00 bits per heavy atom. The number of halogens is 4. The average Bonchev–Trinajstić information content (AvgIpc) is 2.79. The Kier molecular flexibility index (Phi) is 7.62. The van der Waals surface area contributed by atoms with Gasteiger partial charge in [0.1, 0.15) is 11.9 Å². The highest BCUT2D eigenvalue weighted by molar-refractivity contribution is 14.1. The van der Waals surface area contributed by atoms with Gasteiger partial charge in [-0.1, -0.05) is 64.5 Å². The van der Waals surface area contributed by atoms with E-state index >= 15 is 0 Å². The topological polar surface area (TPSA) is 70.8 Å². The number of hydrogen-bond acceptors (Lipinski definition) is 5. The van der Waals surface area contributed by atoms with Crippen LogP contribution < -0.4 is 10.1 Å². The molecule has 0 radical (unpaired) electrons. The van der Waals surface area contributed by atoms with E-state index in [-0.39, 0.29) is 6.01 Å². The first-order valence-electron chi connectivity index (χ1n) is 9.26. The molecule has 0 amide bonds. The highest BCUT2D eigenvalue weighted by Gasteiger charge is 2.31. The summed E-state index contributed by atoms with van der Waals surface area (Å²) in [6, 6.07) is 14.3. The molecular formula is C22H18ClF2IN4O. The van der Waals surface area contributed by atoms with Crippen LogP contribution >= 0.6 is 34.2 Å². The molecule has 3 rings (SSSR count). The standard InChI is InChI=1S/C22H18ClF2IN4O/c1-31-21-29-19(16-3-2-4-17(10-16)22(24,25)13-27)11-20(30-21)28-8-7-15-6-5-14(12-26)9-18(15)23/h2-6,9-11H,7-8,12H2,1H3,(H,28,29,30). The van der Waals surface area contributed by atoms with Crippen molar-refractivity contribution < 1.29 is 13.5 Å². The van der Waals surface area contributed by atoms with Crippen LogP contribution in [0, 0.1) is 11.3 Å². The number of aromatic nitrogens is 2. The normalized spacial score (nSPS) is 11.1. The van der Waals surface area contributed by atoms with E-state index in [0.717, 1.165) is 21.6 Å². The number of methoxy groups -OCH3 is 1. The van der Waals surface area contributed by atoms with Gasteiger partial charge in [0.05, 0.1) is 12.8 Å². The molecule has 1 aromatic heterocycles. The lowest BCUT2D eigenvalue weighted by molar-refractivity contribution is 0.0613. The van der Waals surface area contributed by atoms with Crippen molar-refractivity contribution in [1.29, 1.82) is 5.26 Å². The highest BCUT2D eigenvalue weighted by atomic mass is 127. The van der Waals surface area contributed by atoms with Gasteiger partial charge in [0.25, 0.3) is 0 Å². The summed E-state index contributed by atoms with van der Waals surface area (Å²) < 4.78 is 33.6. The van der Waals surface area contributed by atoms with Crippen molar-refractivity contribution in [3.63, 3.8) is 0 Å². The fraction of sp³-hybridized carbons (Fsp3) is 0.227. The third-order valence-corrected chi connectivity index (χ3v) is 5.75. The Labute approximate surface area is 197 Å². The summed E-state index contributed by atoms with van der Waals surface area (Å²) in [6.07, 6.45) is 0.673. The maximum absolute atomic E-state index is 13.8. The minimum atomic E-state index is -3.58. The highest BCUT2D eigenvalue weighted by Crippen LogP contribution is 2.31. The summed E-state index contributed by atoms with van der Waals surface area (Å²) >= 11 is 8.63. The summed E-state index contributed by atoms with van der Waals surface area (Å²) in [6.45, 7) is 0.551. The van der Waals surface area contributed by atoms with Crippen LogP contribution in [0.2, 0.25) is 5.02 Å². The number of nitriles is 1. The number of rotatable bonds is 8. The molecule has 3 aromatic rings. The zero-order chi connectivity index (χ0) is 22.4. The van der Waals surface area contributed by atoms with Crippen molar-refractivity contribution in [3.8, 4) is 23.3 Å². The largest absolute Gasteiger partial charge is 0.467 e. The van der Waals surface area contributed by atoms with Crippen molar-refractivity contribution >= 4 is 40.0 Å². The van der Waals surface area contributed by atoms with Crippen LogP contribution in [0.1, 0.15) is 16.7 Å². The van der Waals surface area contributed by atoms with Gasteiger partial charge in [0, 0.05) is 33.2 Å². The lowest BCUT2D eigenvalue weighted by atomic mass is 10.0. The Balaban J connectivity index is 1.80. The zero-order valence-corrected chi connectivity index (χ0v) is 19.4. The smallest absolute Gasteiger partial charge is 0.357 e. The number of hydrogen-bond donors (Lipinski definition) is 1. The van der Waals surface area contributed by atoms with Gasteiger partial charge >= 0.3 is 11.9 Å². The predicted octanol–water partition coefficient (Wildman–Crippen LogP) is 6.01. The van der Waals surface area contributed by atoms with Crippen LogP contribution in [-0.2, 0) is 16.8 Å². The van der Waals surface area contributed by atoms with E-state index in [1.807, 2.05) is 18.2 Å². The summed E-state index contributed by atoms with van der Waals surface area (Å²) in [7, 11) is 1.43. The third-order valence-electron chi connectivity index (χ3n) is 4.52. The molecule has 0 atom stereocenters. The maximum Gasteiger partial charge on any atom is 0.357 e. The van der Waals surface area contributed by atoms with Gasteiger partial charge in [-0.15, -0.1) is 0 Å². The molecule has 2 aromatic carbocycles. The number of nitrogens with one attached hydrogen (secondary N) is 1. The summed E-state index contributed by atoms with van der Waals surface area (Å²) in [5.74, 6) is -3.10. The molecule has 0 fully saturated rings. The van der Waals surface area contributed by atoms with E-state index in [0.29, 0.717) is 35.1 Å². The lowest BCUT2D eigenvalue weighted by Crippen LogP contribution is -2.10. The monoisotopic (exact) mass is 554 g/mol. The summed E-state index contributed by atoms with van der Waals surface area (Å²) in [4.78, 5) is 8.51. The fourth-order valence-electron chi connectivity index (χ4n) is 2.90. The summed E-state index contributed by atoms with van der Waals surface area (Å²) in [5, 5.41) is 12.6. The minimum absolute atomic E-state index is 0.0990. The molecule has 9 heteroatoms. The quantitative estimate of drug-likeness (QED) is 0.273. The van der Waals surface area contributed by atoms with Crippen molar-refractivity contribution in [2.24, 2.45) is 0 Å². The minimum Gasteiger partial charge on any atom is -0.467 e. The lowest BCUT2D eigenvalue weighted by Gasteiger charge is -2.12. The van der Waals surface area contributed by atoms with Crippen molar-refractivity contribution in [2.75, 3.05) is 19.0 Å². The van der Waals surface area contributed by atoms with Crippen LogP contribution in [-0.4, -0.2) is 23.6 Å². The molecule has 0 aliphatic carbocycles. The van der Waals surface area contributed by atoms with Gasteiger partial charge < -0.3 is 10.1 Å². The number of anilines is 1. The zero-order valence-electron chi connectivity index (χ0n) is 16.5. The molecule has 0 aliphatic rings. The van der Waals surface area contributed by atoms with Crippen LogP contribution in [0.25, 0.3) is 11.3 Å². The second kappa shape index (κ2) is 10.2. The molecule has 31 heavy (non-hydrogen) atoms. The molecule has 0 bridgehead atoms. The molecule has 0 unspecified atom stereocenters. The van der Waals surface area contributed by atoms with E-state index in [2.05, 4.69) is 37.9 Å². The molecule has 0 saturated carbocycles. The molecule has 1 heterocycles. The molecule has 0 spiro atoms. The Bertz CT molecular complexity index is 1120. The van der Waals surface area contributed by atoms with Crippen LogP contribution in [0.15, 0.2) is 48.5 Å². The fourth-order valence-corrected chi connectivity index (χ4v) is 3.67. The van der Waals surface area contributed by atoms with Crippen molar-refractivity contribution in [2.45, 2.75) is 16.8 Å². The molecular weight excluding hydrogens is 537 g/mol. The van der Waals surface area contributed by atoms with Crippen molar-refractivity contribution in [3.05, 3.63) is 70.2 Å². The molecule has 1 N–H and O–H groups in total. The first-order chi connectivity index (χ1) is 14.9. The van der Waals surface area contributed by atoms with Gasteiger partial charge in [0.15, 0.2) is 0 Å². The van der Waals surface area contributed by atoms with Gasteiger partial charge in [-0.05, 0) is 29.7 Å². The number of nitrogens with zero attached hydrogens (tertiary/aromatic N) is 3. The van der Waals surface area contributed by atoms with Gasteiger partial charge in [0.2, 0.25) is 0 Å². The number of benzene rings is 2. The van der Waals surface area contributed by atoms with E-state index in [1.54, 1.807) is 12.1 Å². The van der Waals surface area contributed by atoms with E-state index < -0.39 is 11.5 Å². The van der Waals surface area contributed by atoms with Crippen molar-refractivity contribution in [1.82, 2.24) is 9.97 Å². The Morgan fingerprint density at radius 3 is 2.68 bits per heavy atom.